The van der Waals surface area contributed by atoms with Crippen molar-refractivity contribution < 1.29 is 14.3 Å². The number of aliphatic hydroxyl groups is 1. The molecular formula is C31H30FN5O3. The number of halogens is 1. The van der Waals surface area contributed by atoms with Crippen LogP contribution in [0.25, 0.3) is 11.3 Å². The molecule has 1 N–H and O–H groups in total. The highest BCUT2D eigenvalue weighted by atomic mass is 19.1. The van der Waals surface area contributed by atoms with E-state index in [9.17, 15) is 19.1 Å². The molecule has 204 valence electrons. The molecule has 0 radical (unpaired) electrons. The highest BCUT2D eigenvalue weighted by molar-refractivity contribution is 5.94. The van der Waals surface area contributed by atoms with Crippen molar-refractivity contribution in [3.05, 3.63) is 112 Å². The molecular weight excluding hydrogens is 509 g/mol. The monoisotopic (exact) mass is 539 g/mol. The van der Waals surface area contributed by atoms with Crippen molar-refractivity contribution in [3.8, 4) is 11.3 Å². The number of likely N-dealkylation sites (tertiary alicyclic amines) is 1. The van der Waals surface area contributed by atoms with Gasteiger partial charge in [-0.1, -0.05) is 36.4 Å². The summed E-state index contributed by atoms with van der Waals surface area (Å²) in [5, 5.41) is 11.3. The van der Waals surface area contributed by atoms with Crippen LogP contribution in [0.3, 0.4) is 0 Å². The van der Waals surface area contributed by atoms with Crippen LogP contribution in [0.4, 0.5) is 10.3 Å². The van der Waals surface area contributed by atoms with Gasteiger partial charge in [0.15, 0.2) is 0 Å². The van der Waals surface area contributed by atoms with E-state index in [0.717, 1.165) is 11.1 Å². The molecule has 2 aromatic carbocycles. The van der Waals surface area contributed by atoms with Gasteiger partial charge in [-0.25, -0.2) is 9.37 Å². The molecule has 2 aliphatic rings. The first-order valence-corrected chi connectivity index (χ1v) is 13.5. The van der Waals surface area contributed by atoms with Gasteiger partial charge >= 0.3 is 0 Å². The third-order valence-corrected chi connectivity index (χ3v) is 8.17. The van der Waals surface area contributed by atoms with E-state index in [1.165, 1.54) is 12.1 Å². The maximum absolute atomic E-state index is 13.8. The largest absolute Gasteiger partial charge is 0.387 e. The fraction of sp³-hybridized carbons (Fsp3) is 0.290. The van der Waals surface area contributed by atoms with Gasteiger partial charge in [0.05, 0.1) is 18.3 Å². The summed E-state index contributed by atoms with van der Waals surface area (Å²) in [5.41, 5.74) is 1.88. The van der Waals surface area contributed by atoms with Gasteiger partial charge in [0.2, 0.25) is 5.95 Å². The highest BCUT2D eigenvalue weighted by Gasteiger charge is 2.45. The Morgan fingerprint density at radius 2 is 1.68 bits per heavy atom. The van der Waals surface area contributed by atoms with E-state index in [-0.39, 0.29) is 18.0 Å². The molecule has 8 nitrogen and oxygen atoms in total. The average molecular weight is 540 g/mol. The quantitative estimate of drug-likeness (QED) is 0.411. The van der Waals surface area contributed by atoms with Gasteiger partial charge < -0.3 is 14.9 Å². The van der Waals surface area contributed by atoms with Crippen LogP contribution in [0.15, 0.2) is 90.0 Å². The number of hydrogen-bond acceptors (Lipinski definition) is 6. The predicted octanol–water partition coefficient (Wildman–Crippen LogP) is 4.06. The van der Waals surface area contributed by atoms with Gasteiger partial charge in [-0.2, -0.15) is 0 Å². The van der Waals surface area contributed by atoms with Gasteiger partial charge in [0, 0.05) is 54.8 Å². The maximum atomic E-state index is 13.8. The van der Waals surface area contributed by atoms with Crippen molar-refractivity contribution in [3.63, 3.8) is 0 Å². The number of amides is 1. The molecule has 4 heterocycles. The van der Waals surface area contributed by atoms with Crippen LogP contribution in [0.2, 0.25) is 0 Å². The lowest BCUT2D eigenvalue weighted by atomic mass is 9.80. The number of benzene rings is 2. The van der Waals surface area contributed by atoms with Crippen LogP contribution in [0, 0.1) is 5.82 Å². The average Bonchev–Trinajstić information content (AvgIpc) is 2.99. The van der Waals surface area contributed by atoms with Crippen molar-refractivity contribution in [1.29, 1.82) is 0 Å². The van der Waals surface area contributed by atoms with E-state index in [1.54, 1.807) is 40.1 Å². The van der Waals surface area contributed by atoms with Crippen LogP contribution in [0.1, 0.15) is 41.3 Å². The molecule has 6 rings (SSSR count). The summed E-state index contributed by atoms with van der Waals surface area (Å²) in [7, 11) is 0. The van der Waals surface area contributed by atoms with Gasteiger partial charge in [-0.05, 0) is 55.2 Å². The summed E-state index contributed by atoms with van der Waals surface area (Å²) in [6.45, 7) is 1.69. The van der Waals surface area contributed by atoms with Crippen LogP contribution in [0.5, 0.6) is 0 Å². The fourth-order valence-electron chi connectivity index (χ4n) is 5.93. The summed E-state index contributed by atoms with van der Waals surface area (Å²) in [4.78, 5) is 39.3. The minimum absolute atomic E-state index is 0.149. The van der Waals surface area contributed by atoms with Crippen molar-refractivity contribution in [2.45, 2.75) is 37.5 Å². The molecule has 1 amide bonds. The molecule has 0 bridgehead atoms. The Bertz CT molecular complexity index is 1570. The number of aliphatic hydroxyl groups excluding tert-OH is 1. The Labute approximate surface area is 231 Å². The molecule has 4 aromatic rings. The SMILES string of the molecule is O=C(c1cccc(F)c1)N1CCC2(CC1)CCn1c(nc(-c3ccncc3)cc1=O)N2C[C@@H](O)c1ccccc1. The first kappa shape index (κ1) is 25.9. The zero-order chi connectivity index (χ0) is 27.7. The zero-order valence-electron chi connectivity index (χ0n) is 22.0. The molecule has 1 saturated heterocycles. The van der Waals surface area contributed by atoms with E-state index < -0.39 is 17.5 Å². The number of carbonyl (C=O) groups is 1. The summed E-state index contributed by atoms with van der Waals surface area (Å²) < 4.78 is 15.5. The summed E-state index contributed by atoms with van der Waals surface area (Å²) in [6, 6.07) is 20.4. The van der Waals surface area contributed by atoms with E-state index >= 15 is 0 Å². The summed E-state index contributed by atoms with van der Waals surface area (Å²) in [5.74, 6) is -0.119. The second-order valence-electron chi connectivity index (χ2n) is 10.5. The molecule has 2 aliphatic heterocycles. The topological polar surface area (TPSA) is 91.6 Å². The van der Waals surface area contributed by atoms with Crippen LogP contribution < -0.4 is 10.5 Å². The third-order valence-electron chi connectivity index (χ3n) is 8.17. The summed E-state index contributed by atoms with van der Waals surface area (Å²) >= 11 is 0. The van der Waals surface area contributed by atoms with Gasteiger partial charge in [-0.15, -0.1) is 0 Å². The number of fused-ring (bicyclic) bond motifs is 1. The first-order chi connectivity index (χ1) is 19.4. The first-order valence-electron chi connectivity index (χ1n) is 13.5. The normalized spacial score (nSPS) is 16.9. The van der Waals surface area contributed by atoms with Crippen molar-refractivity contribution in [1.82, 2.24) is 19.4 Å². The van der Waals surface area contributed by atoms with E-state index in [2.05, 4.69) is 9.88 Å². The molecule has 40 heavy (non-hydrogen) atoms. The van der Waals surface area contributed by atoms with Gasteiger partial charge in [0.25, 0.3) is 11.5 Å². The van der Waals surface area contributed by atoms with Crippen LogP contribution in [-0.2, 0) is 6.54 Å². The number of nitrogens with zero attached hydrogens (tertiary/aromatic N) is 5. The number of hydrogen-bond donors (Lipinski definition) is 1. The van der Waals surface area contributed by atoms with Crippen LogP contribution >= 0.6 is 0 Å². The Morgan fingerprint density at radius 3 is 2.40 bits per heavy atom. The van der Waals surface area contributed by atoms with Crippen molar-refractivity contribution in [2.24, 2.45) is 0 Å². The minimum atomic E-state index is -0.807. The number of carbonyl (C=O) groups excluding carboxylic acids is 1. The molecule has 0 unspecified atom stereocenters. The van der Waals surface area contributed by atoms with Crippen molar-refractivity contribution >= 4 is 11.9 Å². The molecule has 0 saturated carbocycles. The van der Waals surface area contributed by atoms with Gasteiger partial charge in [-0.3, -0.25) is 19.1 Å². The van der Waals surface area contributed by atoms with E-state index in [1.807, 2.05) is 42.5 Å². The Hall–Kier alpha value is -4.37. The van der Waals surface area contributed by atoms with E-state index in [4.69, 9.17) is 4.98 Å². The second kappa shape index (κ2) is 10.7. The fourth-order valence-corrected chi connectivity index (χ4v) is 5.93. The standard InChI is InChI=1S/C31H30FN5O3/c32-25-8-4-7-24(19-25)29(40)35-16-11-31(12-17-35)13-18-36-28(39)20-26(22-9-14-33-15-10-22)34-30(36)37(31)21-27(38)23-5-2-1-3-6-23/h1-10,14-15,19-20,27,38H,11-13,16-18,21H2/t27-/m1/s1. The number of anilines is 1. The number of pyridine rings is 1. The van der Waals surface area contributed by atoms with Crippen molar-refractivity contribution in [2.75, 3.05) is 24.5 Å². The number of aromatic nitrogens is 3. The Morgan fingerprint density at radius 1 is 0.950 bits per heavy atom. The predicted molar refractivity (Wildman–Crippen MR) is 149 cm³/mol. The molecule has 2 aromatic heterocycles. The molecule has 0 aliphatic carbocycles. The number of piperidine rings is 1. The Kier molecular flexibility index (Phi) is 6.89. The Balaban J connectivity index is 1.35. The molecule has 1 fully saturated rings. The smallest absolute Gasteiger partial charge is 0.255 e. The second-order valence-corrected chi connectivity index (χ2v) is 10.5. The minimum Gasteiger partial charge on any atom is -0.387 e. The molecule has 9 heteroatoms. The third kappa shape index (κ3) is 4.88. The number of β-amino-alcohol motifs (C(OH)–C–C–N with tert-alkyl or cyclic N) is 1. The summed E-state index contributed by atoms with van der Waals surface area (Å²) in [6.07, 6.45) is 4.46. The lowest BCUT2D eigenvalue weighted by Gasteiger charge is -2.52. The highest BCUT2D eigenvalue weighted by Crippen LogP contribution is 2.40. The maximum Gasteiger partial charge on any atom is 0.255 e. The molecule has 1 atom stereocenters. The lowest BCUT2D eigenvalue weighted by molar-refractivity contribution is 0.0625. The van der Waals surface area contributed by atoms with Gasteiger partial charge in [0.1, 0.15) is 5.82 Å². The zero-order valence-corrected chi connectivity index (χ0v) is 22.0. The van der Waals surface area contributed by atoms with E-state index in [0.29, 0.717) is 56.1 Å². The molecule has 1 spiro atoms. The number of rotatable bonds is 5. The van der Waals surface area contributed by atoms with Crippen LogP contribution in [-0.4, -0.2) is 55.6 Å². The lowest BCUT2D eigenvalue weighted by Crippen LogP contribution is -2.61.